The number of carbonyl (C=O) groups excluding carboxylic acids is 3. The number of thioether (sulfide) groups is 1. The smallest absolute Gasteiger partial charge is 0.255 e. The van der Waals surface area contributed by atoms with Crippen LogP contribution in [0.2, 0.25) is 0 Å². The molecular formula is C22H25N3O3S. The largest absolute Gasteiger partial charge is 0.350 e. The van der Waals surface area contributed by atoms with Gasteiger partial charge in [0.05, 0.1) is 22.4 Å². The van der Waals surface area contributed by atoms with E-state index in [2.05, 4.69) is 10.3 Å². The van der Waals surface area contributed by atoms with Crippen molar-refractivity contribution in [3.05, 3.63) is 59.3 Å². The highest BCUT2D eigenvalue weighted by Gasteiger charge is 2.19. The van der Waals surface area contributed by atoms with Crippen LogP contribution in [0.5, 0.6) is 0 Å². The Balaban J connectivity index is 1.53. The molecule has 1 N–H and O–H groups in total. The summed E-state index contributed by atoms with van der Waals surface area (Å²) < 4.78 is 0. The Bertz CT molecular complexity index is 875. The molecule has 1 fully saturated rings. The molecule has 0 bridgehead atoms. The molecule has 29 heavy (non-hydrogen) atoms. The molecule has 0 radical (unpaired) electrons. The van der Waals surface area contributed by atoms with Crippen LogP contribution in [0.1, 0.15) is 59.0 Å². The van der Waals surface area contributed by atoms with Gasteiger partial charge in [-0.3, -0.25) is 14.4 Å². The molecule has 0 aliphatic carbocycles. The monoisotopic (exact) mass is 411 g/mol. The van der Waals surface area contributed by atoms with Crippen LogP contribution in [-0.2, 0) is 4.79 Å². The van der Waals surface area contributed by atoms with Crippen LogP contribution in [0.25, 0.3) is 0 Å². The van der Waals surface area contributed by atoms with E-state index < -0.39 is 0 Å². The van der Waals surface area contributed by atoms with E-state index in [0.29, 0.717) is 16.2 Å². The molecule has 0 spiro atoms. The van der Waals surface area contributed by atoms with Crippen molar-refractivity contribution >= 4 is 29.4 Å². The summed E-state index contributed by atoms with van der Waals surface area (Å²) in [5, 5.41) is 3.54. The van der Waals surface area contributed by atoms with E-state index >= 15 is 0 Å². The third-order valence-corrected chi connectivity index (χ3v) is 5.82. The maximum atomic E-state index is 12.4. The predicted octanol–water partition coefficient (Wildman–Crippen LogP) is 3.49. The first kappa shape index (κ1) is 21.0. The lowest BCUT2D eigenvalue weighted by Crippen LogP contribution is -2.27. The zero-order chi connectivity index (χ0) is 20.8. The second-order valence-electron chi connectivity index (χ2n) is 7.14. The van der Waals surface area contributed by atoms with Crippen molar-refractivity contribution in [1.29, 1.82) is 0 Å². The third-order valence-electron chi connectivity index (χ3n) is 4.88. The number of aromatic nitrogens is 1. The van der Waals surface area contributed by atoms with Crippen molar-refractivity contribution in [2.45, 2.75) is 37.8 Å². The van der Waals surface area contributed by atoms with Crippen LogP contribution in [0.4, 0.5) is 0 Å². The first-order valence-corrected chi connectivity index (χ1v) is 10.7. The van der Waals surface area contributed by atoms with Crippen LogP contribution in [-0.4, -0.2) is 46.3 Å². The van der Waals surface area contributed by atoms with Gasteiger partial charge in [-0.05, 0) is 37.5 Å². The highest BCUT2D eigenvalue weighted by molar-refractivity contribution is 7.99. The fraction of sp³-hybridized carbons (Fsp3) is 0.364. The number of hydrogen-bond donors (Lipinski definition) is 1. The van der Waals surface area contributed by atoms with Crippen LogP contribution >= 0.6 is 11.8 Å². The number of Topliss-reactive ketones (excluding diaryl/α,β-unsaturated/α-hetero) is 1. The summed E-state index contributed by atoms with van der Waals surface area (Å²) in [6.07, 6.45) is 3.70. The normalized spacial score (nSPS) is 14.5. The lowest BCUT2D eigenvalue weighted by Gasteiger charge is -2.14. The van der Waals surface area contributed by atoms with Gasteiger partial charge in [-0.15, -0.1) is 0 Å². The van der Waals surface area contributed by atoms with E-state index in [9.17, 15) is 14.4 Å². The van der Waals surface area contributed by atoms with Gasteiger partial charge in [0.2, 0.25) is 5.91 Å². The molecular weight excluding hydrogens is 386 g/mol. The average molecular weight is 412 g/mol. The minimum Gasteiger partial charge on any atom is -0.350 e. The Morgan fingerprint density at radius 2 is 1.72 bits per heavy atom. The number of carbonyl (C=O) groups is 3. The number of pyridine rings is 1. The van der Waals surface area contributed by atoms with Crippen LogP contribution < -0.4 is 5.32 Å². The number of amides is 2. The fourth-order valence-corrected chi connectivity index (χ4v) is 4.00. The summed E-state index contributed by atoms with van der Waals surface area (Å²) in [6, 6.07) is 10.7. The van der Waals surface area contributed by atoms with Crippen molar-refractivity contribution < 1.29 is 14.4 Å². The lowest BCUT2D eigenvalue weighted by atomic mass is 10.0. The van der Waals surface area contributed by atoms with Gasteiger partial charge in [0.25, 0.3) is 5.91 Å². The average Bonchev–Trinajstić information content (AvgIpc) is 3.26. The minimum absolute atomic E-state index is 0.00718. The highest BCUT2D eigenvalue weighted by atomic mass is 32.2. The molecule has 3 rings (SSSR count). The van der Waals surface area contributed by atoms with Gasteiger partial charge in [-0.25, -0.2) is 4.98 Å². The molecule has 2 aromatic rings. The number of ketones is 1. The molecule has 0 unspecified atom stereocenters. The van der Waals surface area contributed by atoms with Crippen LogP contribution in [0.15, 0.2) is 47.6 Å². The summed E-state index contributed by atoms with van der Waals surface area (Å²) in [6.45, 7) is 5.00. The molecule has 1 aliphatic rings. The Labute approximate surface area is 175 Å². The van der Waals surface area contributed by atoms with Crippen molar-refractivity contribution in [2.24, 2.45) is 0 Å². The summed E-state index contributed by atoms with van der Waals surface area (Å²) in [7, 11) is 0. The first-order chi connectivity index (χ1) is 13.9. The van der Waals surface area contributed by atoms with Crippen LogP contribution in [0, 0.1) is 0 Å². The van der Waals surface area contributed by atoms with E-state index in [-0.39, 0.29) is 29.4 Å². The molecule has 1 aromatic carbocycles. The van der Waals surface area contributed by atoms with E-state index in [4.69, 9.17) is 0 Å². The molecule has 2 heterocycles. The molecule has 1 saturated heterocycles. The maximum Gasteiger partial charge on any atom is 0.255 e. The van der Waals surface area contributed by atoms with E-state index in [1.54, 1.807) is 30.5 Å². The molecule has 1 atom stereocenters. The second-order valence-corrected chi connectivity index (χ2v) is 8.14. The fourth-order valence-electron chi connectivity index (χ4n) is 3.26. The van der Waals surface area contributed by atoms with Gasteiger partial charge < -0.3 is 10.2 Å². The maximum absolute atomic E-state index is 12.4. The number of hydrogen-bond acceptors (Lipinski definition) is 5. The van der Waals surface area contributed by atoms with Gasteiger partial charge in [0, 0.05) is 31.8 Å². The van der Waals surface area contributed by atoms with Crippen molar-refractivity contribution in [1.82, 2.24) is 15.2 Å². The molecule has 6 nitrogen and oxygen atoms in total. The molecule has 152 valence electrons. The Morgan fingerprint density at radius 1 is 1.07 bits per heavy atom. The van der Waals surface area contributed by atoms with Crippen molar-refractivity contribution in [3.63, 3.8) is 0 Å². The summed E-state index contributed by atoms with van der Waals surface area (Å²) in [5.41, 5.74) is 2.16. The van der Waals surface area contributed by atoms with Crippen molar-refractivity contribution in [2.75, 3.05) is 18.8 Å². The number of rotatable bonds is 7. The minimum atomic E-state index is -0.1000. The zero-order valence-corrected chi connectivity index (χ0v) is 17.5. The molecule has 1 aromatic heterocycles. The van der Waals surface area contributed by atoms with Gasteiger partial charge in [-0.2, -0.15) is 0 Å². The lowest BCUT2D eigenvalue weighted by molar-refractivity contribution is -0.119. The summed E-state index contributed by atoms with van der Waals surface area (Å²) in [5.74, 6) is 0.214. The Kier molecular flexibility index (Phi) is 7.04. The number of likely N-dealkylation sites (tertiary alicyclic amines) is 1. The third kappa shape index (κ3) is 5.67. The molecule has 2 amide bonds. The number of nitrogens with zero attached hydrogens (tertiary/aromatic N) is 2. The van der Waals surface area contributed by atoms with Crippen molar-refractivity contribution in [3.8, 4) is 0 Å². The van der Waals surface area contributed by atoms with E-state index in [0.717, 1.165) is 31.5 Å². The predicted molar refractivity (Wildman–Crippen MR) is 113 cm³/mol. The first-order valence-electron chi connectivity index (χ1n) is 9.72. The molecule has 7 heteroatoms. The number of nitrogens with one attached hydrogen (secondary N) is 1. The molecule has 0 saturated carbocycles. The molecule has 1 aliphatic heterocycles. The van der Waals surface area contributed by atoms with Crippen LogP contribution in [0.3, 0.4) is 0 Å². The quantitative estimate of drug-likeness (QED) is 0.557. The van der Waals surface area contributed by atoms with E-state index in [1.807, 2.05) is 24.0 Å². The summed E-state index contributed by atoms with van der Waals surface area (Å²) >= 11 is 1.35. The number of benzene rings is 1. The van der Waals surface area contributed by atoms with Gasteiger partial charge in [0.1, 0.15) is 0 Å². The summed E-state index contributed by atoms with van der Waals surface area (Å²) in [4.78, 5) is 42.1. The van der Waals surface area contributed by atoms with Gasteiger partial charge >= 0.3 is 0 Å². The highest BCUT2D eigenvalue weighted by Crippen LogP contribution is 2.20. The standard InChI is InChI=1S/C22H25N3O3S/c1-15(24-16(2)26)17-5-7-18(8-6-17)20(27)14-29-21-10-9-19(13-23-21)22(28)25-11-3-4-12-25/h5-10,13,15H,3-4,11-12,14H2,1-2H3,(H,24,26)/t15-/m0/s1. The van der Waals surface area contributed by atoms with Gasteiger partial charge in [0.15, 0.2) is 5.78 Å². The zero-order valence-electron chi connectivity index (χ0n) is 16.7. The van der Waals surface area contributed by atoms with E-state index in [1.165, 1.54) is 18.7 Å². The van der Waals surface area contributed by atoms with Gasteiger partial charge in [-0.1, -0.05) is 36.0 Å². The topological polar surface area (TPSA) is 79.4 Å². The Morgan fingerprint density at radius 3 is 2.31 bits per heavy atom. The second kappa shape index (κ2) is 9.69. The SMILES string of the molecule is CC(=O)N[C@@H](C)c1ccc(C(=O)CSc2ccc(C(=O)N3CCCC3)cn2)cc1. The Hall–Kier alpha value is -2.67.